The third-order valence-electron chi connectivity index (χ3n) is 3.05. The van der Waals surface area contributed by atoms with E-state index in [4.69, 9.17) is 12.8 Å². The van der Waals surface area contributed by atoms with Crippen LogP contribution in [0.5, 0.6) is 0 Å². The molecule has 0 amide bonds. The molecule has 0 heterocycles. The van der Waals surface area contributed by atoms with Crippen LogP contribution in [-0.4, -0.2) is 6.71 Å². The van der Waals surface area contributed by atoms with E-state index in [1.807, 2.05) is 54.6 Å². The summed E-state index contributed by atoms with van der Waals surface area (Å²) in [5.74, 6) is 0. The van der Waals surface area contributed by atoms with Gasteiger partial charge in [-0.2, -0.15) is 71.6 Å². The molecular weight excluding hydrogens is 453 g/mol. The molecule has 3 aromatic carbocycles. The zero-order valence-corrected chi connectivity index (χ0v) is 19.4. The SMILES string of the molecule is [C-]#C.[C-]#C.[Y+3].[Y+3].[c-]1ccc[c-]c1B(c1[c-]cccc1)c1[c-]cccc1. The number of rotatable bonds is 3. The fraction of sp³-hybridized carbons (Fsp3) is 0. The normalized spacial score (nSPS) is 7.84. The van der Waals surface area contributed by atoms with Crippen molar-refractivity contribution < 1.29 is 65.4 Å². The average molecular weight is 466 g/mol. The Morgan fingerprint density at radius 2 is 1.00 bits per heavy atom. The third-order valence-corrected chi connectivity index (χ3v) is 3.05. The summed E-state index contributed by atoms with van der Waals surface area (Å²) in [6.45, 7) is 0.0867. The van der Waals surface area contributed by atoms with Crippen molar-refractivity contribution in [2.45, 2.75) is 0 Å². The first-order chi connectivity index (χ1) is 11.4. The second-order valence-corrected chi connectivity index (χ2v) is 4.30. The summed E-state index contributed by atoms with van der Waals surface area (Å²) in [6, 6.07) is 35.0. The molecule has 0 aliphatic carbocycles. The van der Waals surface area contributed by atoms with E-state index in [0.29, 0.717) is 0 Å². The summed E-state index contributed by atoms with van der Waals surface area (Å²) >= 11 is 0. The fourth-order valence-corrected chi connectivity index (χ4v) is 2.18. The molecule has 3 heteroatoms. The largest absolute Gasteiger partial charge is 3.00 e. The van der Waals surface area contributed by atoms with Crippen LogP contribution in [0.15, 0.2) is 66.7 Å². The molecule has 0 saturated carbocycles. The van der Waals surface area contributed by atoms with Gasteiger partial charge in [0.1, 0.15) is 6.71 Å². The predicted molar refractivity (Wildman–Crippen MR) is 95.7 cm³/mol. The van der Waals surface area contributed by atoms with E-state index in [1.165, 1.54) is 0 Å². The minimum atomic E-state index is 0. The predicted octanol–water partition coefficient (Wildman–Crippen LogP) is 1.81. The molecule has 0 radical (unpaired) electrons. The maximum Gasteiger partial charge on any atom is 3.00 e. The van der Waals surface area contributed by atoms with Crippen molar-refractivity contribution in [1.82, 2.24) is 0 Å². The van der Waals surface area contributed by atoms with Gasteiger partial charge in [0.2, 0.25) is 0 Å². The Balaban J connectivity index is 0. The number of hydrogen-bond donors (Lipinski definition) is 0. The van der Waals surface area contributed by atoms with Gasteiger partial charge in [0, 0.05) is 0 Å². The Hall–Kier alpha value is -0.947. The van der Waals surface area contributed by atoms with Crippen LogP contribution in [0.2, 0.25) is 0 Å². The van der Waals surface area contributed by atoms with Crippen LogP contribution in [-0.2, 0) is 65.4 Å². The molecule has 0 fully saturated rings. The van der Waals surface area contributed by atoms with Crippen LogP contribution in [0.4, 0.5) is 0 Å². The molecule has 3 aromatic rings. The van der Waals surface area contributed by atoms with Gasteiger partial charge in [0.15, 0.2) is 0 Å². The zero-order chi connectivity index (χ0) is 16.9. The molecule has 0 aliphatic heterocycles. The Kier molecular flexibility index (Phi) is 17.4. The molecular formula is C22H13BY2. The number of benzene rings is 3. The van der Waals surface area contributed by atoms with Crippen LogP contribution in [0.3, 0.4) is 0 Å². The molecule has 0 aliphatic rings. The summed E-state index contributed by atoms with van der Waals surface area (Å²) in [4.78, 5) is 0. The quantitative estimate of drug-likeness (QED) is 0.314. The summed E-state index contributed by atoms with van der Waals surface area (Å²) in [7, 11) is 0. The van der Waals surface area contributed by atoms with Gasteiger partial charge in [-0.05, 0) is 0 Å². The van der Waals surface area contributed by atoms with Crippen molar-refractivity contribution in [3.05, 3.63) is 104 Å². The molecule has 0 spiro atoms. The van der Waals surface area contributed by atoms with E-state index >= 15 is 0 Å². The zero-order valence-electron chi connectivity index (χ0n) is 13.7. The summed E-state index contributed by atoms with van der Waals surface area (Å²) in [5, 5.41) is 0. The van der Waals surface area contributed by atoms with Crippen LogP contribution in [0, 0.1) is 50.0 Å². The van der Waals surface area contributed by atoms with Crippen molar-refractivity contribution >= 4 is 23.1 Å². The summed E-state index contributed by atoms with van der Waals surface area (Å²) < 4.78 is 0. The standard InChI is InChI=1S/C18H11B.2C2H.2Y/c1-4-10-16(11-5-1)19(17-12-6-2-7-13-17)18-14-8-3-9-15-18;2*1-2;;/h1-10,12H;2*1H;;/q-4;2*-1;2*+3. The van der Waals surface area contributed by atoms with Crippen molar-refractivity contribution in [1.29, 1.82) is 0 Å². The number of terminal acetylenes is 2. The van der Waals surface area contributed by atoms with Gasteiger partial charge in [-0.25, -0.2) is 0 Å². The van der Waals surface area contributed by atoms with Gasteiger partial charge in [0.25, 0.3) is 0 Å². The van der Waals surface area contributed by atoms with Crippen molar-refractivity contribution in [3.63, 3.8) is 0 Å². The van der Waals surface area contributed by atoms with Crippen LogP contribution in [0.25, 0.3) is 0 Å². The maximum absolute atomic E-state index is 5.25. The molecule has 0 unspecified atom stereocenters. The van der Waals surface area contributed by atoms with Gasteiger partial charge in [0.05, 0.1) is 0 Å². The summed E-state index contributed by atoms with van der Waals surface area (Å²) in [5.41, 5.74) is 3.25. The molecule has 0 nitrogen and oxygen atoms in total. The topological polar surface area (TPSA) is 0 Å². The van der Waals surface area contributed by atoms with Crippen molar-refractivity contribution in [2.24, 2.45) is 0 Å². The first-order valence-electron chi connectivity index (χ1n) is 6.84. The molecule has 0 bridgehead atoms. The van der Waals surface area contributed by atoms with Gasteiger partial charge in [-0.3, -0.25) is 18.2 Å². The van der Waals surface area contributed by atoms with E-state index in [9.17, 15) is 0 Å². The molecule has 25 heavy (non-hydrogen) atoms. The molecule has 0 N–H and O–H groups in total. The van der Waals surface area contributed by atoms with Crippen LogP contribution >= 0.6 is 0 Å². The monoisotopic (exact) mass is 466 g/mol. The van der Waals surface area contributed by atoms with E-state index in [1.54, 1.807) is 0 Å². The minimum absolute atomic E-state index is 0. The van der Waals surface area contributed by atoms with Gasteiger partial charge < -0.3 is 43.3 Å². The van der Waals surface area contributed by atoms with E-state index in [2.05, 4.69) is 49.2 Å². The van der Waals surface area contributed by atoms with Crippen LogP contribution in [0.1, 0.15) is 0 Å². The Bertz CT molecular complexity index is 607. The van der Waals surface area contributed by atoms with E-state index in [-0.39, 0.29) is 72.1 Å². The Labute approximate surface area is 203 Å². The maximum atomic E-state index is 5.25. The van der Waals surface area contributed by atoms with Crippen molar-refractivity contribution in [2.75, 3.05) is 0 Å². The van der Waals surface area contributed by atoms with Gasteiger partial charge in [-0.15, -0.1) is 0 Å². The van der Waals surface area contributed by atoms with Gasteiger partial charge >= 0.3 is 65.4 Å². The molecule has 0 atom stereocenters. The minimum Gasteiger partial charge on any atom is -0.697 e. The summed E-state index contributed by atoms with van der Waals surface area (Å²) in [6.07, 6.45) is 18.0. The smallest absolute Gasteiger partial charge is 0.697 e. The second-order valence-electron chi connectivity index (χ2n) is 4.30. The van der Waals surface area contributed by atoms with E-state index in [0.717, 1.165) is 16.4 Å². The van der Waals surface area contributed by atoms with Crippen LogP contribution < -0.4 is 16.4 Å². The molecule has 0 aromatic heterocycles. The first kappa shape index (κ1) is 26.3. The first-order valence-corrected chi connectivity index (χ1v) is 6.84. The number of hydrogen-bond acceptors (Lipinski definition) is 0. The second kappa shape index (κ2) is 16.5. The van der Waals surface area contributed by atoms with Crippen molar-refractivity contribution in [3.8, 4) is 12.8 Å². The van der Waals surface area contributed by atoms with Gasteiger partial charge in [-0.1, -0.05) is 0 Å². The molecule has 0 saturated heterocycles. The Morgan fingerprint density at radius 1 is 0.600 bits per heavy atom. The average Bonchev–Trinajstić information content (AvgIpc) is 2.68. The third kappa shape index (κ3) is 8.32. The van der Waals surface area contributed by atoms with E-state index < -0.39 is 0 Å². The molecule has 3 rings (SSSR count). The Morgan fingerprint density at radius 3 is 1.36 bits per heavy atom. The molecule has 110 valence electrons. The fourth-order valence-electron chi connectivity index (χ4n) is 2.18.